The van der Waals surface area contributed by atoms with Crippen LogP contribution in [0.4, 0.5) is 13.2 Å². The van der Waals surface area contributed by atoms with Crippen LogP contribution in [0.15, 0.2) is 47.6 Å². The van der Waals surface area contributed by atoms with Gasteiger partial charge in [0.1, 0.15) is 6.61 Å². The molecule has 0 bridgehead atoms. The molecule has 0 aliphatic rings. The predicted octanol–water partition coefficient (Wildman–Crippen LogP) is 6.34. The highest BCUT2D eigenvalue weighted by molar-refractivity contribution is 6.31. The maximum absolute atomic E-state index is 13.2. The molecule has 0 aliphatic carbocycles. The minimum atomic E-state index is -4.50. The van der Waals surface area contributed by atoms with E-state index in [0.29, 0.717) is 10.6 Å². The van der Waals surface area contributed by atoms with Crippen molar-refractivity contribution in [2.24, 2.45) is 5.16 Å². The van der Waals surface area contributed by atoms with Crippen molar-refractivity contribution in [3.8, 4) is 0 Å². The average molecular weight is 376 g/mol. The number of hydrogen-bond donors (Lipinski definition) is 0. The first kappa shape index (κ1) is 18.6. The van der Waals surface area contributed by atoms with Crippen LogP contribution in [0.25, 0.3) is 0 Å². The highest BCUT2D eigenvalue weighted by atomic mass is 35.5. The quantitative estimate of drug-likeness (QED) is 0.441. The molecular formula is C17H14Cl2F3NO. The summed E-state index contributed by atoms with van der Waals surface area (Å²) >= 11 is 11.8. The van der Waals surface area contributed by atoms with Crippen LogP contribution in [0.1, 0.15) is 30.0 Å². The van der Waals surface area contributed by atoms with Crippen molar-refractivity contribution in [1.82, 2.24) is 0 Å². The van der Waals surface area contributed by atoms with Crippen molar-refractivity contribution in [2.45, 2.75) is 26.1 Å². The summed E-state index contributed by atoms with van der Waals surface area (Å²) in [6.07, 6.45) is -4.25. The Kier molecular flexibility index (Phi) is 6.13. The summed E-state index contributed by atoms with van der Waals surface area (Å²) < 4.78 is 39.5. The summed E-state index contributed by atoms with van der Waals surface area (Å²) in [6, 6.07) is 10.4. The fourth-order valence-electron chi connectivity index (χ4n) is 2.10. The topological polar surface area (TPSA) is 21.6 Å². The standard InChI is InChI=1S/C17H14Cl2F3NO/c1-2-16(23-24-10-11-5-3-4-6-15(11)19)13-9-12(18)7-8-14(13)17(20,21)22/h3-9H,2,10H2,1H3. The van der Waals surface area contributed by atoms with Crippen LogP contribution in [-0.2, 0) is 17.6 Å². The lowest BCUT2D eigenvalue weighted by Crippen LogP contribution is -2.13. The minimum absolute atomic E-state index is 0.0606. The Morgan fingerprint density at radius 3 is 2.46 bits per heavy atom. The van der Waals surface area contributed by atoms with Crippen molar-refractivity contribution in [1.29, 1.82) is 0 Å². The Labute approximate surface area is 147 Å². The molecular weight excluding hydrogens is 362 g/mol. The molecule has 0 saturated heterocycles. The second-order valence-corrected chi connectivity index (χ2v) is 5.79. The van der Waals surface area contributed by atoms with Crippen LogP contribution in [0.2, 0.25) is 10.0 Å². The molecule has 0 atom stereocenters. The number of halogens is 5. The van der Waals surface area contributed by atoms with Crippen LogP contribution in [0.3, 0.4) is 0 Å². The van der Waals surface area contributed by atoms with E-state index in [4.69, 9.17) is 28.0 Å². The summed E-state index contributed by atoms with van der Waals surface area (Å²) in [5.74, 6) is 0. The average Bonchev–Trinajstić information content (AvgIpc) is 2.52. The first-order valence-electron chi connectivity index (χ1n) is 7.12. The van der Waals surface area contributed by atoms with Gasteiger partial charge in [-0.05, 0) is 30.7 Å². The van der Waals surface area contributed by atoms with Gasteiger partial charge in [-0.15, -0.1) is 0 Å². The van der Waals surface area contributed by atoms with Crippen molar-refractivity contribution >= 4 is 28.9 Å². The van der Waals surface area contributed by atoms with Gasteiger partial charge in [-0.2, -0.15) is 13.2 Å². The van der Waals surface area contributed by atoms with Gasteiger partial charge in [0.15, 0.2) is 0 Å². The van der Waals surface area contributed by atoms with Gasteiger partial charge in [0.25, 0.3) is 0 Å². The molecule has 0 fully saturated rings. The van der Waals surface area contributed by atoms with Crippen molar-refractivity contribution in [2.75, 3.05) is 0 Å². The Bertz CT molecular complexity index is 745. The van der Waals surface area contributed by atoms with Gasteiger partial charge in [0.2, 0.25) is 0 Å². The molecule has 0 aromatic heterocycles. The largest absolute Gasteiger partial charge is 0.417 e. The second-order valence-electron chi connectivity index (χ2n) is 4.94. The Hall–Kier alpha value is -1.72. The Balaban J connectivity index is 2.28. The summed E-state index contributed by atoms with van der Waals surface area (Å²) in [6.45, 7) is 1.75. The molecule has 0 radical (unpaired) electrons. The van der Waals surface area contributed by atoms with Crippen LogP contribution >= 0.6 is 23.2 Å². The summed E-state index contributed by atoms with van der Waals surface area (Å²) in [4.78, 5) is 5.21. The maximum Gasteiger partial charge on any atom is 0.417 e. The van der Waals surface area contributed by atoms with Crippen LogP contribution < -0.4 is 0 Å². The van der Waals surface area contributed by atoms with Crippen molar-refractivity contribution in [3.05, 3.63) is 69.2 Å². The number of oxime groups is 1. The van der Waals surface area contributed by atoms with Crippen LogP contribution in [0.5, 0.6) is 0 Å². The van der Waals surface area contributed by atoms with Gasteiger partial charge in [-0.1, -0.05) is 53.5 Å². The highest BCUT2D eigenvalue weighted by Crippen LogP contribution is 2.34. The Morgan fingerprint density at radius 2 is 1.83 bits per heavy atom. The third-order valence-electron chi connectivity index (χ3n) is 3.29. The molecule has 0 N–H and O–H groups in total. The smallest absolute Gasteiger partial charge is 0.391 e. The lowest BCUT2D eigenvalue weighted by Gasteiger charge is -2.14. The molecule has 0 amide bonds. The van der Waals surface area contributed by atoms with E-state index in [0.717, 1.165) is 6.07 Å². The number of rotatable bonds is 5. The van der Waals surface area contributed by atoms with Gasteiger partial charge in [-0.25, -0.2) is 0 Å². The van der Waals surface area contributed by atoms with E-state index in [9.17, 15) is 13.2 Å². The number of nitrogens with zero attached hydrogens (tertiary/aromatic N) is 1. The molecule has 2 rings (SSSR count). The summed E-state index contributed by atoms with van der Waals surface area (Å²) in [5, 5.41) is 4.57. The van der Waals surface area contributed by atoms with Gasteiger partial charge in [0, 0.05) is 21.2 Å². The third-order valence-corrected chi connectivity index (χ3v) is 3.89. The zero-order chi connectivity index (χ0) is 17.7. The van der Waals surface area contributed by atoms with E-state index in [-0.39, 0.29) is 29.3 Å². The van der Waals surface area contributed by atoms with Crippen LogP contribution in [-0.4, -0.2) is 5.71 Å². The fourth-order valence-corrected chi connectivity index (χ4v) is 2.46. The van der Waals surface area contributed by atoms with E-state index in [1.54, 1.807) is 31.2 Å². The Morgan fingerprint density at radius 1 is 1.12 bits per heavy atom. The molecule has 2 aromatic carbocycles. The van der Waals surface area contributed by atoms with Gasteiger partial charge in [-0.3, -0.25) is 0 Å². The zero-order valence-corrected chi connectivity index (χ0v) is 14.2. The molecule has 0 unspecified atom stereocenters. The van der Waals surface area contributed by atoms with E-state index in [2.05, 4.69) is 5.16 Å². The number of benzene rings is 2. The SMILES string of the molecule is CCC(=NOCc1ccccc1Cl)c1cc(Cl)ccc1C(F)(F)F. The van der Waals surface area contributed by atoms with Gasteiger partial charge < -0.3 is 4.84 Å². The van der Waals surface area contributed by atoms with E-state index in [1.165, 1.54) is 12.1 Å². The van der Waals surface area contributed by atoms with Crippen molar-refractivity contribution in [3.63, 3.8) is 0 Å². The molecule has 24 heavy (non-hydrogen) atoms. The first-order valence-corrected chi connectivity index (χ1v) is 7.88. The third kappa shape index (κ3) is 4.65. The summed E-state index contributed by atoms with van der Waals surface area (Å²) in [5.41, 5.74) is -0.0251. The van der Waals surface area contributed by atoms with E-state index in [1.807, 2.05) is 0 Å². The fraction of sp³-hybridized carbons (Fsp3) is 0.235. The normalized spacial score (nSPS) is 12.3. The van der Waals surface area contributed by atoms with Crippen LogP contribution in [0, 0.1) is 0 Å². The second kappa shape index (κ2) is 7.90. The first-order chi connectivity index (χ1) is 11.3. The molecule has 0 saturated carbocycles. The van der Waals surface area contributed by atoms with Gasteiger partial charge in [0.05, 0.1) is 11.3 Å². The highest BCUT2D eigenvalue weighted by Gasteiger charge is 2.34. The molecule has 0 aliphatic heterocycles. The number of alkyl halides is 3. The number of hydrogen-bond acceptors (Lipinski definition) is 2. The molecule has 2 nitrogen and oxygen atoms in total. The molecule has 7 heteroatoms. The minimum Gasteiger partial charge on any atom is -0.391 e. The molecule has 128 valence electrons. The van der Waals surface area contributed by atoms with Crippen molar-refractivity contribution < 1.29 is 18.0 Å². The molecule has 2 aromatic rings. The predicted molar refractivity (Wildman–Crippen MR) is 89.5 cm³/mol. The van der Waals surface area contributed by atoms with E-state index >= 15 is 0 Å². The van der Waals surface area contributed by atoms with E-state index < -0.39 is 11.7 Å². The van der Waals surface area contributed by atoms with Gasteiger partial charge >= 0.3 is 6.18 Å². The maximum atomic E-state index is 13.2. The monoisotopic (exact) mass is 375 g/mol. The summed E-state index contributed by atoms with van der Waals surface area (Å²) in [7, 11) is 0. The molecule has 0 spiro atoms. The lowest BCUT2D eigenvalue weighted by atomic mass is 10.0. The lowest BCUT2D eigenvalue weighted by molar-refractivity contribution is -0.137. The zero-order valence-electron chi connectivity index (χ0n) is 12.7. The molecule has 0 heterocycles.